The zero-order chi connectivity index (χ0) is 15.5. The first-order valence-corrected chi connectivity index (χ1v) is 7.98. The molecule has 20 heavy (non-hydrogen) atoms. The normalized spacial score (nSPS) is 14.7. The van der Waals surface area contributed by atoms with Crippen LogP contribution in [-0.2, 0) is 15.6 Å². The van der Waals surface area contributed by atoms with Crippen LogP contribution in [0.4, 0.5) is 5.69 Å². The Hall–Kier alpha value is -1.36. The van der Waals surface area contributed by atoms with Gasteiger partial charge in [-0.1, -0.05) is 6.92 Å². The first kappa shape index (κ1) is 16.7. The largest absolute Gasteiger partial charge is 0.399 e. The van der Waals surface area contributed by atoms with Crippen LogP contribution >= 0.6 is 0 Å². The molecule has 0 saturated heterocycles. The molecule has 0 fully saturated rings. The average molecular weight is 296 g/mol. The number of nitrogen functional groups attached to an aromatic ring is 1. The van der Waals surface area contributed by atoms with Crippen LogP contribution in [0.5, 0.6) is 0 Å². The highest BCUT2D eigenvalue weighted by atomic mass is 32.2. The molecule has 2 unspecified atom stereocenters. The SMILES string of the molecule is CCC(C)(C)NC(=O)C(C)S(=O)c1ccc(N)c(C)c1. The second-order valence-corrected chi connectivity index (χ2v) is 7.46. The van der Waals surface area contributed by atoms with Gasteiger partial charge in [-0.3, -0.25) is 9.00 Å². The van der Waals surface area contributed by atoms with E-state index in [0.29, 0.717) is 10.6 Å². The number of carbonyl (C=O) groups is 1. The zero-order valence-electron chi connectivity index (χ0n) is 12.8. The van der Waals surface area contributed by atoms with Crippen molar-refractivity contribution in [2.24, 2.45) is 0 Å². The number of aryl methyl sites for hydroxylation is 1. The molecule has 0 aliphatic heterocycles. The van der Waals surface area contributed by atoms with Gasteiger partial charge >= 0.3 is 0 Å². The predicted molar refractivity (Wildman–Crippen MR) is 84.0 cm³/mol. The summed E-state index contributed by atoms with van der Waals surface area (Å²) < 4.78 is 12.4. The van der Waals surface area contributed by atoms with Crippen molar-refractivity contribution in [2.45, 2.75) is 56.7 Å². The maximum atomic E-state index is 12.4. The number of nitrogens with two attached hydrogens (primary N) is 1. The van der Waals surface area contributed by atoms with E-state index in [1.54, 1.807) is 25.1 Å². The van der Waals surface area contributed by atoms with Gasteiger partial charge in [0.2, 0.25) is 5.91 Å². The van der Waals surface area contributed by atoms with E-state index in [4.69, 9.17) is 5.73 Å². The van der Waals surface area contributed by atoms with Gasteiger partial charge in [-0.05, 0) is 57.9 Å². The fourth-order valence-corrected chi connectivity index (χ4v) is 2.75. The van der Waals surface area contributed by atoms with Gasteiger partial charge in [0.25, 0.3) is 0 Å². The van der Waals surface area contributed by atoms with Crippen molar-refractivity contribution < 1.29 is 9.00 Å². The number of hydrogen-bond acceptors (Lipinski definition) is 3. The standard InChI is InChI=1S/C15H24N2O2S/c1-6-15(4,5)17-14(18)11(3)20(19)12-7-8-13(16)10(2)9-12/h7-9,11H,6,16H2,1-5H3,(H,17,18). The van der Waals surface area contributed by atoms with Crippen molar-refractivity contribution in [3.05, 3.63) is 23.8 Å². The summed E-state index contributed by atoms with van der Waals surface area (Å²) in [5, 5.41) is 2.33. The van der Waals surface area contributed by atoms with Crippen LogP contribution in [0.1, 0.15) is 39.7 Å². The molecule has 5 heteroatoms. The molecule has 0 heterocycles. The van der Waals surface area contributed by atoms with Gasteiger partial charge < -0.3 is 11.1 Å². The lowest BCUT2D eigenvalue weighted by atomic mass is 10.0. The Morgan fingerprint density at radius 3 is 2.55 bits per heavy atom. The van der Waals surface area contributed by atoms with Crippen molar-refractivity contribution >= 4 is 22.4 Å². The molecular weight excluding hydrogens is 272 g/mol. The van der Waals surface area contributed by atoms with E-state index in [-0.39, 0.29) is 11.4 Å². The van der Waals surface area contributed by atoms with E-state index in [1.807, 2.05) is 27.7 Å². The first-order valence-electron chi connectivity index (χ1n) is 6.76. The summed E-state index contributed by atoms with van der Waals surface area (Å²) in [4.78, 5) is 12.8. The Balaban J connectivity index is 2.86. The van der Waals surface area contributed by atoms with Crippen LogP contribution in [0.2, 0.25) is 0 Å². The lowest BCUT2D eigenvalue weighted by molar-refractivity contribution is -0.121. The van der Waals surface area contributed by atoms with Crippen LogP contribution in [0, 0.1) is 6.92 Å². The van der Waals surface area contributed by atoms with Gasteiger partial charge in [0.05, 0.1) is 10.8 Å². The highest BCUT2D eigenvalue weighted by molar-refractivity contribution is 7.86. The molecule has 0 aliphatic rings. The number of anilines is 1. The Morgan fingerprint density at radius 1 is 1.45 bits per heavy atom. The van der Waals surface area contributed by atoms with Gasteiger partial charge in [0.15, 0.2) is 0 Å². The summed E-state index contributed by atoms with van der Waals surface area (Å²) in [7, 11) is -1.38. The van der Waals surface area contributed by atoms with Crippen molar-refractivity contribution in [1.29, 1.82) is 0 Å². The monoisotopic (exact) mass is 296 g/mol. The van der Waals surface area contributed by atoms with E-state index in [0.717, 1.165) is 12.0 Å². The third-order valence-electron chi connectivity index (χ3n) is 3.51. The van der Waals surface area contributed by atoms with Crippen LogP contribution in [0.3, 0.4) is 0 Å². The summed E-state index contributed by atoms with van der Waals surface area (Å²) in [5.41, 5.74) is 7.00. The molecular formula is C15H24N2O2S. The molecule has 0 spiro atoms. The zero-order valence-corrected chi connectivity index (χ0v) is 13.6. The fourth-order valence-electron chi connectivity index (χ4n) is 1.60. The smallest absolute Gasteiger partial charge is 0.236 e. The summed E-state index contributed by atoms with van der Waals surface area (Å²) in [6, 6.07) is 5.22. The minimum Gasteiger partial charge on any atom is -0.399 e. The van der Waals surface area contributed by atoms with Gasteiger partial charge in [0.1, 0.15) is 5.25 Å². The fraction of sp³-hybridized carbons (Fsp3) is 0.533. The topological polar surface area (TPSA) is 72.2 Å². The summed E-state index contributed by atoms with van der Waals surface area (Å²) in [5.74, 6) is -0.190. The van der Waals surface area contributed by atoms with Crippen LogP contribution in [0.15, 0.2) is 23.1 Å². The molecule has 1 aromatic carbocycles. The van der Waals surface area contributed by atoms with Gasteiger partial charge in [-0.25, -0.2) is 0 Å². The van der Waals surface area contributed by atoms with Crippen molar-refractivity contribution in [3.63, 3.8) is 0 Å². The highest BCUT2D eigenvalue weighted by Crippen LogP contribution is 2.18. The van der Waals surface area contributed by atoms with Crippen LogP contribution in [-0.4, -0.2) is 20.9 Å². The van der Waals surface area contributed by atoms with Crippen LogP contribution < -0.4 is 11.1 Å². The lowest BCUT2D eigenvalue weighted by Crippen LogP contribution is -2.47. The number of benzene rings is 1. The second kappa shape index (κ2) is 6.39. The molecule has 0 aliphatic carbocycles. The van der Waals surface area contributed by atoms with E-state index in [2.05, 4.69) is 5.32 Å². The van der Waals surface area contributed by atoms with E-state index >= 15 is 0 Å². The molecule has 1 rings (SSSR count). The molecule has 0 saturated carbocycles. The third kappa shape index (κ3) is 4.07. The Bertz CT molecular complexity index is 527. The van der Waals surface area contributed by atoms with Crippen molar-refractivity contribution in [2.75, 3.05) is 5.73 Å². The minimum absolute atomic E-state index is 0.190. The predicted octanol–water partition coefficient (Wildman–Crippen LogP) is 2.38. The second-order valence-electron chi connectivity index (χ2n) is 5.68. The molecule has 0 aromatic heterocycles. The number of amides is 1. The van der Waals surface area contributed by atoms with E-state index < -0.39 is 16.0 Å². The maximum absolute atomic E-state index is 12.4. The van der Waals surface area contributed by atoms with Crippen molar-refractivity contribution in [3.8, 4) is 0 Å². The molecule has 112 valence electrons. The average Bonchev–Trinajstić information content (AvgIpc) is 2.39. The lowest BCUT2D eigenvalue weighted by Gasteiger charge is -2.26. The van der Waals surface area contributed by atoms with Crippen LogP contribution in [0.25, 0.3) is 0 Å². The first-order chi connectivity index (χ1) is 9.18. The Labute approximate surface area is 123 Å². The number of hydrogen-bond donors (Lipinski definition) is 2. The maximum Gasteiger partial charge on any atom is 0.236 e. The third-order valence-corrected chi connectivity index (χ3v) is 5.08. The molecule has 2 atom stereocenters. The molecule has 1 amide bonds. The van der Waals surface area contributed by atoms with Gasteiger partial charge in [-0.2, -0.15) is 0 Å². The van der Waals surface area contributed by atoms with Gasteiger partial charge in [-0.15, -0.1) is 0 Å². The number of nitrogens with one attached hydrogen (secondary N) is 1. The highest BCUT2D eigenvalue weighted by Gasteiger charge is 2.26. The minimum atomic E-state index is -1.38. The molecule has 3 N–H and O–H groups in total. The molecule has 1 aromatic rings. The summed E-state index contributed by atoms with van der Waals surface area (Å²) in [6.07, 6.45) is 0.819. The summed E-state index contributed by atoms with van der Waals surface area (Å²) in [6.45, 7) is 9.46. The van der Waals surface area contributed by atoms with E-state index in [1.165, 1.54) is 0 Å². The molecule has 0 bridgehead atoms. The Kier molecular flexibility index (Phi) is 5.34. The number of rotatable bonds is 5. The molecule has 4 nitrogen and oxygen atoms in total. The summed E-state index contributed by atoms with van der Waals surface area (Å²) >= 11 is 0. The Morgan fingerprint density at radius 2 is 2.05 bits per heavy atom. The number of carbonyl (C=O) groups excluding carboxylic acids is 1. The van der Waals surface area contributed by atoms with Crippen molar-refractivity contribution in [1.82, 2.24) is 5.32 Å². The molecule has 0 radical (unpaired) electrons. The quantitative estimate of drug-likeness (QED) is 0.819. The van der Waals surface area contributed by atoms with E-state index in [9.17, 15) is 9.00 Å². The van der Waals surface area contributed by atoms with Gasteiger partial charge in [0, 0.05) is 16.1 Å².